The highest BCUT2D eigenvalue weighted by molar-refractivity contribution is 7.18. The van der Waals surface area contributed by atoms with Crippen molar-refractivity contribution in [3.05, 3.63) is 21.3 Å². The molecule has 2 atom stereocenters. The highest BCUT2D eigenvalue weighted by Crippen LogP contribution is 2.26. The van der Waals surface area contributed by atoms with Gasteiger partial charge in [0.2, 0.25) is 0 Å². The number of carbonyl (C=O) groups is 1. The van der Waals surface area contributed by atoms with Gasteiger partial charge >= 0.3 is 0 Å². The number of likely N-dealkylation sites (N-methyl/N-ethyl adjacent to an activating group) is 1. The lowest BCUT2D eigenvalue weighted by Crippen LogP contribution is -2.45. The first-order valence-electron chi connectivity index (χ1n) is 6.69. The number of likely N-dealkylation sites (tertiary alicyclic amines) is 1. The maximum atomic E-state index is 12.5. The third kappa shape index (κ3) is 3.57. The van der Waals surface area contributed by atoms with Crippen molar-refractivity contribution in [1.29, 1.82) is 0 Å². The molecule has 0 radical (unpaired) electrons. The topological polar surface area (TPSA) is 23.6 Å². The van der Waals surface area contributed by atoms with Gasteiger partial charge in [-0.15, -0.1) is 11.3 Å². The minimum absolute atomic E-state index is 0.0535. The number of ketones is 1. The van der Waals surface area contributed by atoms with Crippen LogP contribution in [0.15, 0.2) is 12.1 Å². The summed E-state index contributed by atoms with van der Waals surface area (Å²) < 4.78 is 0.682. The van der Waals surface area contributed by atoms with Crippen LogP contribution in [0.3, 0.4) is 0 Å². The van der Waals surface area contributed by atoms with Gasteiger partial charge in [0.1, 0.15) is 0 Å². The van der Waals surface area contributed by atoms with Crippen molar-refractivity contribution < 1.29 is 4.79 Å². The maximum Gasteiger partial charge on any atom is 0.189 e. The molecule has 5 heteroatoms. The summed E-state index contributed by atoms with van der Waals surface area (Å²) in [6.45, 7) is 4.05. The molecule has 0 amide bonds. The fourth-order valence-corrected chi connectivity index (χ4v) is 3.85. The lowest BCUT2D eigenvalue weighted by atomic mass is 10.1. The van der Waals surface area contributed by atoms with Crippen LogP contribution in [-0.4, -0.2) is 54.9 Å². The molecule has 0 spiro atoms. The van der Waals surface area contributed by atoms with Crippen molar-refractivity contribution in [2.24, 2.45) is 0 Å². The average Bonchev–Trinajstić information content (AvgIpc) is 2.95. The smallest absolute Gasteiger partial charge is 0.189 e. The van der Waals surface area contributed by atoms with E-state index in [1.54, 1.807) is 6.07 Å². The molecule has 1 aromatic heterocycles. The Balaban J connectivity index is 2.05. The fraction of sp³-hybridized carbons (Fsp3) is 0.643. The molecule has 106 valence electrons. The Labute approximate surface area is 124 Å². The van der Waals surface area contributed by atoms with Gasteiger partial charge in [0.15, 0.2) is 5.78 Å². The average molecular weight is 301 g/mol. The standard InChI is InChI=1S/C14H21ClN2OS/c1-10(14(18)12-6-7-13(15)19-12)17-8-4-5-11(17)9-16(2)3/h6-7,10-11H,4-5,8-9H2,1-3H3. The second-order valence-electron chi connectivity index (χ2n) is 5.44. The molecule has 2 unspecified atom stereocenters. The zero-order valence-corrected chi connectivity index (χ0v) is 13.3. The summed E-state index contributed by atoms with van der Waals surface area (Å²) in [4.78, 5) is 17.8. The molecular formula is C14H21ClN2OS. The quantitative estimate of drug-likeness (QED) is 0.781. The monoisotopic (exact) mass is 300 g/mol. The Morgan fingerprint density at radius 2 is 2.32 bits per heavy atom. The zero-order valence-electron chi connectivity index (χ0n) is 11.7. The number of hydrogen-bond donors (Lipinski definition) is 0. The summed E-state index contributed by atoms with van der Waals surface area (Å²) in [7, 11) is 4.17. The Kier molecular flexibility index (Phi) is 5.01. The summed E-state index contributed by atoms with van der Waals surface area (Å²) in [5.41, 5.74) is 0. The molecule has 1 fully saturated rings. The van der Waals surface area contributed by atoms with Crippen molar-refractivity contribution in [2.75, 3.05) is 27.2 Å². The number of hydrogen-bond acceptors (Lipinski definition) is 4. The van der Waals surface area contributed by atoms with E-state index in [1.807, 2.05) is 13.0 Å². The van der Waals surface area contributed by atoms with E-state index in [9.17, 15) is 4.79 Å². The first-order valence-corrected chi connectivity index (χ1v) is 7.88. The first-order chi connectivity index (χ1) is 8.99. The van der Waals surface area contributed by atoms with Crippen LogP contribution in [0, 0.1) is 0 Å². The molecule has 1 aliphatic heterocycles. The van der Waals surface area contributed by atoms with Crippen LogP contribution in [0.25, 0.3) is 0 Å². The van der Waals surface area contributed by atoms with E-state index in [4.69, 9.17) is 11.6 Å². The molecule has 0 bridgehead atoms. The van der Waals surface area contributed by atoms with Gasteiger partial charge in [-0.3, -0.25) is 9.69 Å². The Morgan fingerprint density at radius 1 is 1.58 bits per heavy atom. The molecule has 2 heterocycles. The van der Waals surface area contributed by atoms with Crippen LogP contribution in [0.4, 0.5) is 0 Å². The third-order valence-corrected chi connectivity index (χ3v) is 4.94. The van der Waals surface area contributed by atoms with Gasteiger partial charge in [-0.05, 0) is 52.5 Å². The molecule has 0 aliphatic carbocycles. The van der Waals surface area contributed by atoms with E-state index in [1.165, 1.54) is 24.2 Å². The molecule has 3 nitrogen and oxygen atoms in total. The Bertz CT molecular complexity index is 446. The molecular weight excluding hydrogens is 280 g/mol. The molecule has 0 saturated carbocycles. The maximum absolute atomic E-state index is 12.5. The zero-order chi connectivity index (χ0) is 14.0. The van der Waals surface area contributed by atoms with Gasteiger partial charge in [-0.2, -0.15) is 0 Å². The molecule has 1 saturated heterocycles. The fourth-order valence-electron chi connectivity index (χ4n) is 2.79. The third-order valence-electron chi connectivity index (χ3n) is 3.69. The summed E-state index contributed by atoms with van der Waals surface area (Å²) in [6, 6.07) is 4.07. The molecule has 1 aromatic rings. The normalized spacial score (nSPS) is 22.1. The van der Waals surface area contributed by atoms with Gasteiger partial charge in [-0.25, -0.2) is 0 Å². The van der Waals surface area contributed by atoms with E-state index in [0.717, 1.165) is 18.0 Å². The summed E-state index contributed by atoms with van der Waals surface area (Å²) >= 11 is 7.29. The van der Waals surface area contributed by atoms with E-state index in [-0.39, 0.29) is 11.8 Å². The first kappa shape index (κ1) is 15.0. The largest absolute Gasteiger partial charge is 0.308 e. The van der Waals surface area contributed by atoms with Gasteiger partial charge in [0.25, 0.3) is 0 Å². The van der Waals surface area contributed by atoms with E-state index < -0.39 is 0 Å². The number of Topliss-reactive ketones (excluding diaryl/α,β-unsaturated/α-hetero) is 1. The van der Waals surface area contributed by atoms with Crippen LogP contribution in [-0.2, 0) is 0 Å². The van der Waals surface area contributed by atoms with Crippen molar-refractivity contribution in [3.8, 4) is 0 Å². The molecule has 19 heavy (non-hydrogen) atoms. The van der Waals surface area contributed by atoms with Crippen LogP contribution < -0.4 is 0 Å². The van der Waals surface area contributed by atoms with E-state index in [0.29, 0.717) is 10.4 Å². The molecule has 1 aliphatic rings. The second kappa shape index (κ2) is 6.35. The van der Waals surface area contributed by atoms with Crippen LogP contribution >= 0.6 is 22.9 Å². The van der Waals surface area contributed by atoms with Crippen LogP contribution in [0.2, 0.25) is 4.34 Å². The predicted octanol–water partition coefficient (Wildman–Crippen LogP) is 3.00. The van der Waals surface area contributed by atoms with E-state index >= 15 is 0 Å². The SMILES string of the molecule is CC(C(=O)c1ccc(Cl)s1)N1CCCC1CN(C)C. The number of carbonyl (C=O) groups excluding carboxylic acids is 1. The minimum atomic E-state index is -0.0535. The van der Waals surface area contributed by atoms with Gasteiger partial charge < -0.3 is 4.90 Å². The number of rotatable bonds is 5. The molecule has 0 N–H and O–H groups in total. The van der Waals surface area contributed by atoms with Gasteiger partial charge in [0.05, 0.1) is 15.3 Å². The van der Waals surface area contributed by atoms with Crippen molar-refractivity contribution in [2.45, 2.75) is 31.8 Å². The minimum Gasteiger partial charge on any atom is -0.308 e. The Hall–Kier alpha value is -0.420. The van der Waals surface area contributed by atoms with Crippen molar-refractivity contribution >= 4 is 28.7 Å². The van der Waals surface area contributed by atoms with Gasteiger partial charge in [-0.1, -0.05) is 11.6 Å². The Morgan fingerprint density at radius 3 is 2.89 bits per heavy atom. The second-order valence-corrected chi connectivity index (χ2v) is 7.16. The summed E-state index contributed by atoms with van der Waals surface area (Å²) in [6.07, 6.45) is 2.36. The number of nitrogens with zero attached hydrogens (tertiary/aromatic N) is 2. The number of thiophene rings is 1. The molecule has 0 aromatic carbocycles. The predicted molar refractivity (Wildman–Crippen MR) is 81.4 cm³/mol. The highest BCUT2D eigenvalue weighted by Gasteiger charge is 2.32. The van der Waals surface area contributed by atoms with E-state index in [2.05, 4.69) is 23.9 Å². The summed E-state index contributed by atoms with van der Waals surface area (Å²) in [5, 5.41) is 0. The van der Waals surface area contributed by atoms with Crippen molar-refractivity contribution in [1.82, 2.24) is 9.80 Å². The lowest BCUT2D eigenvalue weighted by Gasteiger charge is -2.31. The number of halogens is 1. The van der Waals surface area contributed by atoms with Crippen molar-refractivity contribution in [3.63, 3.8) is 0 Å². The lowest BCUT2D eigenvalue weighted by molar-refractivity contribution is 0.0803. The van der Waals surface area contributed by atoms with Crippen LogP contribution in [0.1, 0.15) is 29.4 Å². The van der Waals surface area contributed by atoms with Gasteiger partial charge in [0, 0.05) is 12.6 Å². The molecule has 2 rings (SSSR count). The van der Waals surface area contributed by atoms with Crippen LogP contribution in [0.5, 0.6) is 0 Å². The highest BCUT2D eigenvalue weighted by atomic mass is 35.5. The summed E-state index contributed by atoms with van der Waals surface area (Å²) in [5.74, 6) is 0.197.